The molecule has 7 heteroatoms. The summed E-state index contributed by atoms with van der Waals surface area (Å²) in [6.07, 6.45) is 5.71. The summed E-state index contributed by atoms with van der Waals surface area (Å²) in [4.78, 5) is 35.7. The second-order valence-corrected chi connectivity index (χ2v) is 8.46. The number of unbranched alkanes of at least 4 members (excludes halogenated alkanes) is 1. The molecule has 2 aromatic rings. The maximum absolute atomic E-state index is 12.1. The van der Waals surface area contributed by atoms with Gasteiger partial charge in [0.05, 0.1) is 12.5 Å². The molecule has 0 aliphatic rings. The first-order chi connectivity index (χ1) is 16.5. The second-order valence-electron chi connectivity index (χ2n) is 8.46. The topological polar surface area (TPSA) is 125 Å². The number of amides is 1. The maximum atomic E-state index is 12.1. The Bertz CT molecular complexity index is 885. The summed E-state index contributed by atoms with van der Waals surface area (Å²) in [5.74, 6) is -1.02. The van der Waals surface area contributed by atoms with Crippen molar-refractivity contribution < 1.29 is 19.1 Å². The third-order valence-corrected chi connectivity index (χ3v) is 5.53. The van der Waals surface area contributed by atoms with Crippen LogP contribution in [0.1, 0.15) is 48.8 Å². The van der Waals surface area contributed by atoms with Gasteiger partial charge in [-0.05, 0) is 61.8 Å². The Morgan fingerprint density at radius 2 is 1.47 bits per heavy atom. The standard InChI is InChI=1S/C27H37N3O4/c28-17-6-11-25(29)27(33)30-18-16-26(32)34-20-24(31)19-23-14-12-22(13-15-23)10-5-4-9-21-7-2-1-3-8-21/h1-3,7-8,12-15,25H,4-6,9-11,16-20,28-29H2,(H,30,33)/t25-/m0/s1. The molecule has 0 aliphatic heterocycles. The monoisotopic (exact) mass is 467 g/mol. The van der Waals surface area contributed by atoms with Gasteiger partial charge in [-0.15, -0.1) is 0 Å². The van der Waals surface area contributed by atoms with E-state index in [0.717, 1.165) is 31.2 Å². The molecule has 34 heavy (non-hydrogen) atoms. The molecule has 7 nitrogen and oxygen atoms in total. The summed E-state index contributed by atoms with van der Waals surface area (Å²) in [7, 11) is 0. The normalized spacial score (nSPS) is 11.6. The van der Waals surface area contributed by atoms with Crippen molar-refractivity contribution >= 4 is 17.7 Å². The molecule has 0 spiro atoms. The van der Waals surface area contributed by atoms with E-state index in [2.05, 4.69) is 41.7 Å². The summed E-state index contributed by atoms with van der Waals surface area (Å²) in [5, 5.41) is 2.59. The van der Waals surface area contributed by atoms with Gasteiger partial charge in [-0.2, -0.15) is 0 Å². The molecule has 2 rings (SSSR count). The van der Waals surface area contributed by atoms with Crippen LogP contribution >= 0.6 is 0 Å². The van der Waals surface area contributed by atoms with Gasteiger partial charge in [-0.3, -0.25) is 14.4 Å². The Morgan fingerprint density at radius 3 is 2.12 bits per heavy atom. The van der Waals surface area contributed by atoms with E-state index in [9.17, 15) is 14.4 Å². The third kappa shape index (κ3) is 11.2. The smallest absolute Gasteiger partial charge is 0.308 e. The maximum Gasteiger partial charge on any atom is 0.308 e. The third-order valence-electron chi connectivity index (χ3n) is 5.53. The number of carbonyl (C=O) groups is 3. The van der Waals surface area contributed by atoms with Crippen LogP contribution in [0, 0.1) is 0 Å². The highest BCUT2D eigenvalue weighted by molar-refractivity contribution is 5.84. The minimum atomic E-state index is -0.637. The highest BCUT2D eigenvalue weighted by Gasteiger charge is 2.13. The van der Waals surface area contributed by atoms with Crippen molar-refractivity contribution in [1.29, 1.82) is 0 Å². The SMILES string of the molecule is NCCC[C@H](N)C(=O)NCCC(=O)OCC(=O)Cc1ccc(CCCCc2ccccc2)cc1. The fraction of sp³-hybridized carbons (Fsp3) is 0.444. The lowest BCUT2D eigenvalue weighted by atomic mass is 10.0. The van der Waals surface area contributed by atoms with Crippen LogP contribution in [0.25, 0.3) is 0 Å². The number of ketones is 1. The van der Waals surface area contributed by atoms with Crippen molar-refractivity contribution in [3.8, 4) is 0 Å². The van der Waals surface area contributed by atoms with E-state index in [1.54, 1.807) is 0 Å². The van der Waals surface area contributed by atoms with E-state index >= 15 is 0 Å². The molecule has 0 heterocycles. The molecule has 5 N–H and O–H groups in total. The van der Waals surface area contributed by atoms with Gasteiger partial charge in [0, 0.05) is 13.0 Å². The molecule has 2 aromatic carbocycles. The number of hydrogen-bond acceptors (Lipinski definition) is 6. The molecular formula is C27H37N3O4. The van der Waals surface area contributed by atoms with Crippen molar-refractivity contribution in [2.75, 3.05) is 19.7 Å². The van der Waals surface area contributed by atoms with Crippen molar-refractivity contribution in [3.05, 3.63) is 71.3 Å². The zero-order chi connectivity index (χ0) is 24.6. The number of hydrogen-bond donors (Lipinski definition) is 3. The molecule has 1 atom stereocenters. The first-order valence-corrected chi connectivity index (χ1v) is 12.0. The average molecular weight is 468 g/mol. The highest BCUT2D eigenvalue weighted by Crippen LogP contribution is 2.11. The lowest BCUT2D eigenvalue weighted by Crippen LogP contribution is -2.41. The first-order valence-electron chi connectivity index (χ1n) is 12.0. The Morgan fingerprint density at radius 1 is 0.853 bits per heavy atom. The molecule has 0 saturated heterocycles. The van der Waals surface area contributed by atoms with Crippen LogP contribution in [-0.2, 0) is 38.4 Å². The van der Waals surface area contributed by atoms with Gasteiger partial charge >= 0.3 is 5.97 Å². The second kappa shape index (κ2) is 15.7. The van der Waals surface area contributed by atoms with E-state index in [0.29, 0.717) is 19.4 Å². The quantitative estimate of drug-likeness (QED) is 0.257. The van der Waals surface area contributed by atoms with Gasteiger partial charge in [0.15, 0.2) is 5.78 Å². The van der Waals surface area contributed by atoms with Crippen LogP contribution in [0.4, 0.5) is 0 Å². The Labute approximate surface area is 202 Å². The number of aryl methyl sites for hydroxylation is 2. The summed E-state index contributed by atoms with van der Waals surface area (Å²) in [5.41, 5.74) is 14.6. The van der Waals surface area contributed by atoms with Crippen molar-refractivity contribution in [2.45, 2.75) is 57.4 Å². The predicted octanol–water partition coefficient (Wildman–Crippen LogP) is 2.48. The summed E-state index contributed by atoms with van der Waals surface area (Å²) in [6.45, 7) is 0.319. The van der Waals surface area contributed by atoms with Crippen molar-refractivity contribution in [1.82, 2.24) is 5.32 Å². The summed E-state index contributed by atoms with van der Waals surface area (Å²) >= 11 is 0. The first kappa shape index (κ1) is 27.2. The fourth-order valence-electron chi connectivity index (χ4n) is 3.53. The summed E-state index contributed by atoms with van der Waals surface area (Å²) < 4.78 is 5.02. The molecule has 0 saturated carbocycles. The molecule has 0 fully saturated rings. The van der Waals surface area contributed by atoms with E-state index in [1.807, 2.05) is 18.2 Å². The van der Waals surface area contributed by atoms with Crippen LogP contribution in [0.3, 0.4) is 0 Å². The Kier molecular flexibility index (Phi) is 12.6. The molecule has 0 aromatic heterocycles. The van der Waals surface area contributed by atoms with Crippen LogP contribution in [0.2, 0.25) is 0 Å². The van der Waals surface area contributed by atoms with Crippen LogP contribution in [-0.4, -0.2) is 43.4 Å². The minimum Gasteiger partial charge on any atom is -0.458 e. The molecule has 0 aliphatic carbocycles. The zero-order valence-corrected chi connectivity index (χ0v) is 19.8. The van der Waals surface area contributed by atoms with E-state index in [4.69, 9.17) is 16.2 Å². The number of Topliss-reactive ketones (excluding diaryl/α,β-unsaturated/α-hetero) is 1. The van der Waals surface area contributed by atoms with Crippen LogP contribution < -0.4 is 16.8 Å². The Hall–Kier alpha value is -3.03. The van der Waals surface area contributed by atoms with Crippen molar-refractivity contribution in [3.63, 3.8) is 0 Å². The summed E-state index contributed by atoms with van der Waals surface area (Å²) in [6, 6.07) is 17.9. The largest absolute Gasteiger partial charge is 0.458 e. The van der Waals surface area contributed by atoms with Crippen LogP contribution in [0.5, 0.6) is 0 Å². The number of rotatable bonds is 16. The number of nitrogens with two attached hydrogens (primary N) is 2. The van der Waals surface area contributed by atoms with Gasteiger partial charge < -0.3 is 21.5 Å². The number of esters is 1. The number of nitrogens with one attached hydrogen (secondary N) is 1. The molecule has 184 valence electrons. The molecular weight excluding hydrogens is 430 g/mol. The van der Waals surface area contributed by atoms with E-state index in [1.165, 1.54) is 11.1 Å². The molecule has 0 bridgehead atoms. The lowest BCUT2D eigenvalue weighted by Gasteiger charge is -2.11. The molecule has 1 amide bonds. The number of carbonyl (C=O) groups excluding carboxylic acids is 3. The van der Waals surface area contributed by atoms with Gasteiger partial charge in [0.25, 0.3) is 0 Å². The average Bonchev–Trinajstić information content (AvgIpc) is 2.85. The Balaban J connectivity index is 1.58. The fourth-order valence-corrected chi connectivity index (χ4v) is 3.53. The zero-order valence-electron chi connectivity index (χ0n) is 19.8. The van der Waals surface area contributed by atoms with Crippen molar-refractivity contribution in [2.24, 2.45) is 11.5 Å². The van der Waals surface area contributed by atoms with Gasteiger partial charge in [0.1, 0.15) is 6.61 Å². The van der Waals surface area contributed by atoms with Gasteiger partial charge in [-0.1, -0.05) is 54.6 Å². The predicted molar refractivity (Wildman–Crippen MR) is 133 cm³/mol. The minimum absolute atomic E-state index is 0.0123. The van der Waals surface area contributed by atoms with E-state index < -0.39 is 12.0 Å². The molecule has 0 unspecified atom stereocenters. The van der Waals surface area contributed by atoms with Crippen LogP contribution in [0.15, 0.2) is 54.6 Å². The molecule has 0 radical (unpaired) electrons. The van der Waals surface area contributed by atoms with E-state index in [-0.39, 0.29) is 37.7 Å². The van der Waals surface area contributed by atoms with Gasteiger partial charge in [-0.25, -0.2) is 0 Å². The number of ether oxygens (including phenoxy) is 1. The lowest BCUT2D eigenvalue weighted by molar-refractivity contribution is -0.147. The highest BCUT2D eigenvalue weighted by atomic mass is 16.5. The van der Waals surface area contributed by atoms with Gasteiger partial charge in [0.2, 0.25) is 5.91 Å². The number of benzene rings is 2.